The third kappa shape index (κ3) is 8.22. The highest BCUT2D eigenvalue weighted by atomic mass is 32.2. The Morgan fingerprint density at radius 2 is 1.84 bits per heavy atom. The molecule has 0 aliphatic rings. The highest BCUT2D eigenvalue weighted by Gasteiger charge is 2.19. The van der Waals surface area contributed by atoms with E-state index < -0.39 is 21.7 Å². The summed E-state index contributed by atoms with van der Waals surface area (Å²) in [6.45, 7) is 5.95. The van der Waals surface area contributed by atoms with E-state index >= 15 is 0 Å². The number of hydrogen-bond donors (Lipinski definition) is 1. The van der Waals surface area contributed by atoms with Gasteiger partial charge in [0.2, 0.25) is 10.0 Å². The molecule has 25 heavy (non-hydrogen) atoms. The van der Waals surface area contributed by atoms with Gasteiger partial charge in [0.05, 0.1) is 13.4 Å². The molecule has 0 aliphatic carbocycles. The molecule has 0 atom stereocenters. The molecule has 1 rings (SSSR count). The zero-order chi connectivity index (χ0) is 19.1. The first-order valence-electron chi connectivity index (χ1n) is 8.07. The van der Waals surface area contributed by atoms with Crippen LogP contribution < -0.4 is 10.1 Å². The first kappa shape index (κ1) is 21.2. The number of para-hydroxylation sites is 1. The molecule has 8 heteroatoms. The molecule has 0 spiro atoms. The highest BCUT2D eigenvalue weighted by molar-refractivity contribution is 7.88. The Hall–Kier alpha value is -1.80. The Bertz CT molecular complexity index is 668. The van der Waals surface area contributed by atoms with E-state index in [9.17, 15) is 13.2 Å². The van der Waals surface area contributed by atoms with Crippen molar-refractivity contribution in [1.82, 2.24) is 9.62 Å². The van der Waals surface area contributed by atoms with E-state index in [2.05, 4.69) is 5.32 Å². The Labute approximate surface area is 150 Å². The van der Waals surface area contributed by atoms with Gasteiger partial charge in [-0.2, -0.15) is 0 Å². The van der Waals surface area contributed by atoms with E-state index in [0.717, 1.165) is 17.6 Å². The van der Waals surface area contributed by atoms with Crippen LogP contribution in [0.15, 0.2) is 24.3 Å². The number of methoxy groups -OCH3 is 1. The van der Waals surface area contributed by atoms with E-state index in [-0.39, 0.29) is 13.1 Å². The smallest absolute Gasteiger partial charge is 0.407 e. The molecule has 0 fully saturated rings. The van der Waals surface area contributed by atoms with Crippen molar-refractivity contribution in [2.45, 2.75) is 32.8 Å². The molecule has 0 unspecified atom stereocenters. The normalized spacial score (nSPS) is 12.1. The van der Waals surface area contributed by atoms with Crippen LogP contribution in [0.4, 0.5) is 4.79 Å². The summed E-state index contributed by atoms with van der Waals surface area (Å²) in [5.41, 5.74) is 0.337. The summed E-state index contributed by atoms with van der Waals surface area (Å²) >= 11 is 0. The summed E-state index contributed by atoms with van der Waals surface area (Å²) in [6, 6.07) is 7.48. The minimum Gasteiger partial charge on any atom is -0.496 e. The van der Waals surface area contributed by atoms with Crippen molar-refractivity contribution >= 4 is 16.1 Å². The minimum absolute atomic E-state index is 0.174. The van der Waals surface area contributed by atoms with Crippen LogP contribution in [0.1, 0.15) is 26.3 Å². The zero-order valence-corrected chi connectivity index (χ0v) is 16.4. The lowest BCUT2D eigenvalue weighted by Gasteiger charge is -2.22. The predicted molar refractivity (Wildman–Crippen MR) is 97.4 cm³/mol. The van der Waals surface area contributed by atoms with Gasteiger partial charge in [-0.15, -0.1) is 0 Å². The highest BCUT2D eigenvalue weighted by Crippen LogP contribution is 2.18. The largest absolute Gasteiger partial charge is 0.496 e. The average molecular weight is 372 g/mol. The first-order chi connectivity index (χ1) is 11.5. The maximum Gasteiger partial charge on any atom is 0.407 e. The minimum atomic E-state index is -3.39. The van der Waals surface area contributed by atoms with Gasteiger partial charge in [0.1, 0.15) is 11.4 Å². The lowest BCUT2D eigenvalue weighted by molar-refractivity contribution is 0.0525. The number of carbonyl (C=O) groups excluding carboxylic acids is 1. The number of benzene rings is 1. The molecule has 1 N–H and O–H groups in total. The fourth-order valence-electron chi connectivity index (χ4n) is 2.19. The fraction of sp³-hybridized carbons (Fsp3) is 0.588. The van der Waals surface area contributed by atoms with Gasteiger partial charge >= 0.3 is 6.09 Å². The van der Waals surface area contributed by atoms with Crippen LogP contribution in [0.5, 0.6) is 5.75 Å². The molecule has 1 aromatic rings. The van der Waals surface area contributed by atoms with Crippen molar-refractivity contribution in [2.24, 2.45) is 0 Å². The molecule has 1 aromatic carbocycles. The van der Waals surface area contributed by atoms with E-state index in [1.807, 2.05) is 24.3 Å². The number of nitrogens with one attached hydrogen (secondary N) is 1. The number of rotatable bonds is 8. The maximum atomic E-state index is 12.0. The average Bonchev–Trinajstić information content (AvgIpc) is 2.47. The SMILES string of the molecule is COc1ccccc1CCN(CCNC(=O)OC(C)(C)C)S(C)(=O)=O. The number of nitrogens with zero attached hydrogens (tertiary/aromatic N) is 1. The number of hydrogen-bond acceptors (Lipinski definition) is 5. The molecule has 0 aliphatic heterocycles. The van der Waals surface area contributed by atoms with Crippen LogP contribution in [-0.2, 0) is 21.2 Å². The topological polar surface area (TPSA) is 84.9 Å². The van der Waals surface area contributed by atoms with Gasteiger partial charge in [0, 0.05) is 19.6 Å². The molecule has 0 bridgehead atoms. The standard InChI is InChI=1S/C17H28N2O5S/c1-17(2,3)24-16(20)18-11-13-19(25(5,21)22)12-10-14-8-6-7-9-15(14)23-4/h6-9H,10-13H2,1-5H3,(H,18,20). The van der Waals surface area contributed by atoms with Gasteiger partial charge in [-0.05, 0) is 38.8 Å². The zero-order valence-electron chi connectivity index (χ0n) is 15.5. The van der Waals surface area contributed by atoms with Crippen LogP contribution in [0.3, 0.4) is 0 Å². The quantitative estimate of drug-likeness (QED) is 0.755. The van der Waals surface area contributed by atoms with Crippen molar-refractivity contribution < 1.29 is 22.7 Å². The van der Waals surface area contributed by atoms with E-state index in [4.69, 9.17) is 9.47 Å². The second-order valence-corrected chi connectivity index (χ2v) is 8.63. The number of carbonyl (C=O) groups is 1. The van der Waals surface area contributed by atoms with Crippen LogP contribution in [0.2, 0.25) is 0 Å². The van der Waals surface area contributed by atoms with Crippen LogP contribution in [-0.4, -0.2) is 57.4 Å². The summed E-state index contributed by atoms with van der Waals surface area (Å²) in [5, 5.41) is 2.57. The predicted octanol–water partition coefficient (Wildman–Crippen LogP) is 2.02. The molecular weight excluding hydrogens is 344 g/mol. The van der Waals surface area contributed by atoms with Crippen molar-refractivity contribution in [3.8, 4) is 5.75 Å². The van der Waals surface area contributed by atoms with Gasteiger partial charge in [-0.25, -0.2) is 17.5 Å². The molecule has 142 valence electrons. The molecular formula is C17H28N2O5S. The molecule has 0 saturated carbocycles. The summed E-state index contributed by atoms with van der Waals surface area (Å²) in [5.74, 6) is 0.725. The molecule has 0 heterocycles. The Kier molecular flexibility index (Phi) is 7.69. The summed E-state index contributed by atoms with van der Waals surface area (Å²) in [7, 11) is -1.81. The van der Waals surface area contributed by atoms with E-state index in [1.165, 1.54) is 4.31 Å². The number of ether oxygens (including phenoxy) is 2. The lowest BCUT2D eigenvalue weighted by Crippen LogP contribution is -2.40. The summed E-state index contributed by atoms with van der Waals surface area (Å²) < 4.78 is 35.7. The van der Waals surface area contributed by atoms with Crippen molar-refractivity contribution in [1.29, 1.82) is 0 Å². The van der Waals surface area contributed by atoms with E-state index in [1.54, 1.807) is 27.9 Å². The maximum absolute atomic E-state index is 12.0. The third-order valence-corrected chi connectivity index (χ3v) is 4.62. The molecule has 0 saturated heterocycles. The van der Waals surface area contributed by atoms with Crippen molar-refractivity contribution in [3.05, 3.63) is 29.8 Å². The fourth-order valence-corrected chi connectivity index (χ4v) is 3.04. The van der Waals surface area contributed by atoms with E-state index in [0.29, 0.717) is 13.0 Å². The van der Waals surface area contributed by atoms with Gasteiger partial charge in [-0.3, -0.25) is 0 Å². The number of alkyl carbamates (subject to hydrolysis) is 1. The Balaban J connectivity index is 2.60. The Morgan fingerprint density at radius 3 is 2.40 bits per heavy atom. The van der Waals surface area contributed by atoms with Crippen LogP contribution in [0, 0.1) is 0 Å². The van der Waals surface area contributed by atoms with Gasteiger partial charge in [0.25, 0.3) is 0 Å². The van der Waals surface area contributed by atoms with Crippen molar-refractivity contribution in [3.63, 3.8) is 0 Å². The number of sulfonamides is 1. The van der Waals surface area contributed by atoms with Crippen LogP contribution in [0.25, 0.3) is 0 Å². The summed E-state index contributed by atoms with van der Waals surface area (Å²) in [4.78, 5) is 11.6. The van der Waals surface area contributed by atoms with Crippen molar-refractivity contribution in [2.75, 3.05) is 33.0 Å². The first-order valence-corrected chi connectivity index (χ1v) is 9.91. The third-order valence-electron chi connectivity index (χ3n) is 3.32. The van der Waals surface area contributed by atoms with Crippen LogP contribution >= 0.6 is 0 Å². The Morgan fingerprint density at radius 1 is 1.20 bits per heavy atom. The lowest BCUT2D eigenvalue weighted by atomic mass is 10.1. The van der Waals surface area contributed by atoms with Gasteiger partial charge in [0.15, 0.2) is 0 Å². The van der Waals surface area contributed by atoms with Gasteiger partial charge in [-0.1, -0.05) is 18.2 Å². The molecule has 0 radical (unpaired) electrons. The summed E-state index contributed by atoms with van der Waals surface area (Å²) in [6.07, 6.45) is 1.11. The molecule has 0 aromatic heterocycles. The number of amides is 1. The second-order valence-electron chi connectivity index (χ2n) is 6.65. The monoisotopic (exact) mass is 372 g/mol. The second kappa shape index (κ2) is 9.05. The molecule has 7 nitrogen and oxygen atoms in total. The molecule has 1 amide bonds. The van der Waals surface area contributed by atoms with Gasteiger partial charge < -0.3 is 14.8 Å².